The van der Waals surface area contributed by atoms with Gasteiger partial charge in [0.25, 0.3) is 0 Å². The van der Waals surface area contributed by atoms with Crippen molar-refractivity contribution in [3.05, 3.63) is 28.2 Å². The Morgan fingerprint density at radius 3 is 2.95 bits per heavy atom. The molecule has 106 valence electrons. The molecule has 1 aliphatic heterocycles. The van der Waals surface area contributed by atoms with Crippen LogP contribution in [0.4, 0.5) is 5.69 Å². The van der Waals surface area contributed by atoms with Gasteiger partial charge in [-0.05, 0) is 37.6 Å². The number of benzene rings is 1. The Morgan fingerprint density at radius 1 is 1.53 bits per heavy atom. The Balaban J connectivity index is 2.25. The molecule has 0 bridgehead atoms. The van der Waals surface area contributed by atoms with E-state index in [-0.39, 0.29) is 0 Å². The predicted octanol–water partition coefficient (Wildman–Crippen LogP) is 2.94. The normalized spacial score (nSPS) is 20.8. The molecular formula is C15H23BrN2O. The molecule has 0 aliphatic carbocycles. The van der Waals surface area contributed by atoms with E-state index in [2.05, 4.69) is 58.2 Å². The maximum atomic E-state index is 9.30. The zero-order valence-electron chi connectivity index (χ0n) is 11.7. The van der Waals surface area contributed by atoms with Crippen molar-refractivity contribution in [3.8, 4) is 0 Å². The molecule has 1 aliphatic rings. The first-order valence-electron chi connectivity index (χ1n) is 7.04. The number of halogens is 1. The van der Waals surface area contributed by atoms with E-state index in [1.165, 1.54) is 11.3 Å². The molecule has 3 nitrogen and oxygen atoms in total. The van der Waals surface area contributed by atoms with Crippen LogP contribution in [0.3, 0.4) is 0 Å². The maximum absolute atomic E-state index is 9.30. The topological polar surface area (TPSA) is 35.5 Å². The third-order valence-corrected chi connectivity index (χ3v) is 4.35. The summed E-state index contributed by atoms with van der Waals surface area (Å²) in [6.45, 7) is 7.59. The first kappa shape index (κ1) is 14.8. The Bertz CT molecular complexity index is 425. The van der Waals surface area contributed by atoms with Crippen LogP contribution in [0.1, 0.15) is 31.9 Å². The third kappa shape index (κ3) is 3.50. The van der Waals surface area contributed by atoms with Crippen LogP contribution in [0.15, 0.2) is 22.7 Å². The minimum Gasteiger partial charge on any atom is -0.396 e. The van der Waals surface area contributed by atoms with Gasteiger partial charge in [0.1, 0.15) is 0 Å². The van der Waals surface area contributed by atoms with Crippen LogP contribution >= 0.6 is 15.9 Å². The molecule has 0 saturated carbocycles. The molecular weight excluding hydrogens is 304 g/mol. The molecule has 2 N–H and O–H groups in total. The number of rotatable bonds is 5. The summed E-state index contributed by atoms with van der Waals surface area (Å²) in [6.07, 6.45) is 1.08. The van der Waals surface area contributed by atoms with Crippen molar-refractivity contribution in [2.24, 2.45) is 5.92 Å². The standard InChI is InChI=1S/C15H23BrN2O/c1-3-17-11(2)14-5-4-13(16)8-15(14)18-7-6-12(9-18)10-19/h4-5,8,11-12,17,19H,3,6-7,9-10H2,1-2H3. The Hall–Kier alpha value is -0.580. The Morgan fingerprint density at radius 2 is 2.32 bits per heavy atom. The third-order valence-electron chi connectivity index (χ3n) is 3.85. The van der Waals surface area contributed by atoms with E-state index < -0.39 is 0 Å². The monoisotopic (exact) mass is 326 g/mol. The number of aliphatic hydroxyl groups excluding tert-OH is 1. The van der Waals surface area contributed by atoms with Crippen LogP contribution in [-0.2, 0) is 0 Å². The highest BCUT2D eigenvalue weighted by atomic mass is 79.9. The number of nitrogens with zero attached hydrogens (tertiary/aromatic N) is 1. The molecule has 1 aromatic carbocycles. The zero-order chi connectivity index (χ0) is 13.8. The van der Waals surface area contributed by atoms with E-state index in [9.17, 15) is 5.11 Å². The largest absolute Gasteiger partial charge is 0.396 e. The quantitative estimate of drug-likeness (QED) is 0.873. The minimum atomic E-state index is 0.294. The van der Waals surface area contributed by atoms with Gasteiger partial charge in [0, 0.05) is 41.8 Å². The highest BCUT2D eigenvalue weighted by Crippen LogP contribution is 2.33. The van der Waals surface area contributed by atoms with Crippen molar-refractivity contribution < 1.29 is 5.11 Å². The molecule has 2 unspecified atom stereocenters. The van der Waals surface area contributed by atoms with Crippen molar-refractivity contribution in [3.63, 3.8) is 0 Å². The highest BCUT2D eigenvalue weighted by molar-refractivity contribution is 9.10. The smallest absolute Gasteiger partial charge is 0.0476 e. The van der Waals surface area contributed by atoms with Crippen LogP contribution in [0.2, 0.25) is 0 Å². The van der Waals surface area contributed by atoms with E-state index >= 15 is 0 Å². The molecule has 2 atom stereocenters. The van der Waals surface area contributed by atoms with Crippen molar-refractivity contribution in [2.45, 2.75) is 26.3 Å². The fourth-order valence-corrected chi connectivity index (χ4v) is 3.12. The first-order valence-corrected chi connectivity index (χ1v) is 7.83. The lowest BCUT2D eigenvalue weighted by Gasteiger charge is -2.25. The summed E-state index contributed by atoms with van der Waals surface area (Å²) < 4.78 is 1.11. The van der Waals surface area contributed by atoms with Crippen LogP contribution in [-0.4, -0.2) is 31.3 Å². The summed E-state index contributed by atoms with van der Waals surface area (Å²) in [7, 11) is 0. The number of nitrogens with one attached hydrogen (secondary N) is 1. The van der Waals surface area contributed by atoms with E-state index in [4.69, 9.17) is 0 Å². The van der Waals surface area contributed by atoms with Crippen molar-refractivity contribution in [2.75, 3.05) is 31.1 Å². The van der Waals surface area contributed by atoms with Gasteiger partial charge in [-0.1, -0.05) is 28.9 Å². The SMILES string of the molecule is CCNC(C)c1ccc(Br)cc1N1CCC(CO)C1. The van der Waals surface area contributed by atoms with Gasteiger partial charge in [0.05, 0.1) is 0 Å². The molecule has 4 heteroatoms. The zero-order valence-corrected chi connectivity index (χ0v) is 13.3. The molecule has 1 heterocycles. The lowest BCUT2D eigenvalue weighted by atomic mass is 10.1. The summed E-state index contributed by atoms with van der Waals surface area (Å²) in [4.78, 5) is 2.40. The number of hydrogen-bond donors (Lipinski definition) is 2. The molecule has 0 amide bonds. The lowest BCUT2D eigenvalue weighted by Crippen LogP contribution is -2.25. The van der Waals surface area contributed by atoms with Gasteiger partial charge in [-0.2, -0.15) is 0 Å². The van der Waals surface area contributed by atoms with E-state index in [1.807, 2.05) is 0 Å². The van der Waals surface area contributed by atoms with Gasteiger partial charge in [0.15, 0.2) is 0 Å². The molecule has 1 aromatic rings. The van der Waals surface area contributed by atoms with E-state index in [0.29, 0.717) is 18.6 Å². The Labute approximate surface area is 124 Å². The maximum Gasteiger partial charge on any atom is 0.0476 e. The number of anilines is 1. The molecule has 0 spiro atoms. The second kappa shape index (κ2) is 6.73. The van der Waals surface area contributed by atoms with E-state index in [1.54, 1.807) is 0 Å². The fourth-order valence-electron chi connectivity index (χ4n) is 2.77. The highest BCUT2D eigenvalue weighted by Gasteiger charge is 2.24. The molecule has 1 saturated heterocycles. The van der Waals surface area contributed by atoms with Crippen molar-refractivity contribution >= 4 is 21.6 Å². The van der Waals surface area contributed by atoms with Crippen LogP contribution < -0.4 is 10.2 Å². The second-order valence-electron chi connectivity index (χ2n) is 5.27. The summed E-state index contributed by atoms with van der Waals surface area (Å²) in [5, 5.41) is 12.8. The van der Waals surface area contributed by atoms with Gasteiger partial charge >= 0.3 is 0 Å². The first-order chi connectivity index (χ1) is 9.15. The molecule has 19 heavy (non-hydrogen) atoms. The average molecular weight is 327 g/mol. The average Bonchev–Trinajstić information content (AvgIpc) is 2.87. The van der Waals surface area contributed by atoms with Gasteiger partial charge in [-0.25, -0.2) is 0 Å². The molecule has 0 aromatic heterocycles. The van der Waals surface area contributed by atoms with E-state index in [0.717, 1.165) is 30.5 Å². The van der Waals surface area contributed by atoms with Gasteiger partial charge < -0.3 is 15.3 Å². The van der Waals surface area contributed by atoms with Crippen molar-refractivity contribution in [1.82, 2.24) is 5.32 Å². The van der Waals surface area contributed by atoms with Crippen LogP contribution in [0, 0.1) is 5.92 Å². The van der Waals surface area contributed by atoms with Gasteiger partial charge in [-0.3, -0.25) is 0 Å². The van der Waals surface area contributed by atoms with Gasteiger partial charge in [0.2, 0.25) is 0 Å². The molecule has 2 rings (SSSR count). The predicted molar refractivity (Wildman–Crippen MR) is 83.6 cm³/mol. The summed E-state index contributed by atoms with van der Waals surface area (Å²) >= 11 is 3.57. The summed E-state index contributed by atoms with van der Waals surface area (Å²) in [6, 6.07) is 6.84. The second-order valence-corrected chi connectivity index (χ2v) is 6.18. The number of hydrogen-bond acceptors (Lipinski definition) is 3. The van der Waals surface area contributed by atoms with Crippen LogP contribution in [0.25, 0.3) is 0 Å². The molecule has 1 fully saturated rings. The van der Waals surface area contributed by atoms with Crippen LogP contribution in [0.5, 0.6) is 0 Å². The number of aliphatic hydroxyl groups is 1. The minimum absolute atomic E-state index is 0.294. The van der Waals surface area contributed by atoms with Gasteiger partial charge in [-0.15, -0.1) is 0 Å². The van der Waals surface area contributed by atoms with Crippen molar-refractivity contribution in [1.29, 1.82) is 0 Å². The lowest BCUT2D eigenvalue weighted by molar-refractivity contribution is 0.238. The molecule has 0 radical (unpaired) electrons. The summed E-state index contributed by atoms with van der Waals surface area (Å²) in [5.41, 5.74) is 2.63. The summed E-state index contributed by atoms with van der Waals surface area (Å²) in [5.74, 6) is 0.418. The fraction of sp³-hybridized carbons (Fsp3) is 0.600. The Kier molecular flexibility index (Phi) is 5.25.